The van der Waals surface area contributed by atoms with Crippen LogP contribution >= 0.6 is 11.3 Å². The molecule has 0 radical (unpaired) electrons. The van der Waals surface area contributed by atoms with Gasteiger partial charge in [0.1, 0.15) is 0 Å². The van der Waals surface area contributed by atoms with Gasteiger partial charge in [-0.15, -0.1) is 11.3 Å². The fourth-order valence-electron chi connectivity index (χ4n) is 2.82. The lowest BCUT2D eigenvalue weighted by atomic mass is 10.1. The summed E-state index contributed by atoms with van der Waals surface area (Å²) in [5, 5.41) is 5.16. The van der Waals surface area contributed by atoms with E-state index in [4.69, 9.17) is 5.14 Å². The first-order chi connectivity index (χ1) is 9.25. The molecule has 1 fully saturated rings. The molecule has 2 atom stereocenters. The average Bonchev–Trinajstić information content (AvgIpc) is 2.91. The van der Waals surface area contributed by atoms with Crippen molar-refractivity contribution >= 4 is 27.3 Å². The van der Waals surface area contributed by atoms with Gasteiger partial charge in [0.15, 0.2) is 0 Å². The summed E-state index contributed by atoms with van der Waals surface area (Å²) < 4.78 is 22.9. The van der Waals surface area contributed by atoms with Crippen LogP contribution in [0, 0.1) is 6.92 Å². The van der Waals surface area contributed by atoms with Crippen molar-refractivity contribution in [1.29, 1.82) is 0 Å². The highest BCUT2D eigenvalue weighted by molar-refractivity contribution is 7.89. The summed E-state index contributed by atoms with van der Waals surface area (Å²) in [6.07, 6.45) is 2.93. The molecule has 2 heterocycles. The van der Waals surface area contributed by atoms with Gasteiger partial charge in [0.05, 0.1) is 9.77 Å². The number of hydrogen-bond acceptors (Lipinski definition) is 4. The monoisotopic (exact) mass is 316 g/mol. The molecule has 5 nitrogen and oxygen atoms in total. The van der Waals surface area contributed by atoms with E-state index in [2.05, 4.69) is 6.92 Å². The molecule has 1 aliphatic heterocycles. The predicted molar refractivity (Wildman–Crippen MR) is 79.4 cm³/mol. The largest absolute Gasteiger partial charge is 0.332 e. The Morgan fingerprint density at radius 2 is 2.15 bits per heavy atom. The number of hydrogen-bond donors (Lipinski definition) is 1. The van der Waals surface area contributed by atoms with E-state index in [1.54, 1.807) is 6.92 Å². The van der Waals surface area contributed by atoms with Crippen molar-refractivity contribution in [3.63, 3.8) is 0 Å². The molecule has 1 aromatic heterocycles. The van der Waals surface area contributed by atoms with Crippen LogP contribution in [0.4, 0.5) is 0 Å². The number of carbonyl (C=O) groups is 1. The molecular weight excluding hydrogens is 296 g/mol. The van der Waals surface area contributed by atoms with Gasteiger partial charge in [-0.05, 0) is 39.2 Å². The van der Waals surface area contributed by atoms with E-state index < -0.39 is 10.0 Å². The Bertz CT molecular complexity index is 622. The zero-order valence-corrected chi connectivity index (χ0v) is 13.6. The van der Waals surface area contributed by atoms with Crippen molar-refractivity contribution in [2.24, 2.45) is 5.14 Å². The van der Waals surface area contributed by atoms with Crippen LogP contribution < -0.4 is 5.14 Å². The summed E-state index contributed by atoms with van der Waals surface area (Å²) >= 11 is 1.20. The molecule has 1 aromatic rings. The maximum absolute atomic E-state index is 12.6. The zero-order valence-electron chi connectivity index (χ0n) is 11.9. The SMILES string of the molecule is CCC1CCC(C)N1C(=O)c1cc(S(N)(=O)=O)c(C)s1. The molecular formula is C13H20N2O3S2. The summed E-state index contributed by atoms with van der Waals surface area (Å²) in [5.41, 5.74) is 0. The summed E-state index contributed by atoms with van der Waals surface area (Å²) in [4.78, 5) is 15.6. The summed E-state index contributed by atoms with van der Waals surface area (Å²) in [6.45, 7) is 5.78. The fourth-order valence-corrected chi connectivity index (χ4v) is 4.91. The number of sulfonamides is 1. The Kier molecular flexibility index (Phi) is 4.22. The number of nitrogens with zero attached hydrogens (tertiary/aromatic N) is 1. The second-order valence-electron chi connectivity index (χ2n) is 5.28. The standard InChI is InChI=1S/C13H20N2O3S2/c1-4-10-6-5-8(2)15(10)13(16)11-7-12(9(3)19-11)20(14,17)18/h7-8,10H,4-6H2,1-3H3,(H2,14,17,18). The minimum absolute atomic E-state index is 0.0609. The molecule has 1 amide bonds. The maximum Gasteiger partial charge on any atom is 0.264 e. The van der Waals surface area contributed by atoms with Gasteiger partial charge in [0.25, 0.3) is 5.91 Å². The zero-order chi connectivity index (χ0) is 15.1. The molecule has 0 bridgehead atoms. The average molecular weight is 316 g/mol. The lowest BCUT2D eigenvalue weighted by molar-refractivity contribution is 0.0681. The molecule has 2 rings (SSSR count). The van der Waals surface area contributed by atoms with E-state index in [9.17, 15) is 13.2 Å². The van der Waals surface area contributed by atoms with E-state index in [-0.39, 0.29) is 22.9 Å². The third-order valence-corrected chi connectivity index (χ3v) is 6.09. The van der Waals surface area contributed by atoms with Crippen LogP contribution in [-0.4, -0.2) is 31.3 Å². The van der Waals surface area contributed by atoms with Crippen molar-refractivity contribution in [3.8, 4) is 0 Å². The van der Waals surface area contributed by atoms with E-state index >= 15 is 0 Å². The van der Waals surface area contributed by atoms with Gasteiger partial charge < -0.3 is 4.90 Å². The second kappa shape index (κ2) is 5.46. The summed E-state index contributed by atoms with van der Waals surface area (Å²) in [7, 11) is -3.76. The summed E-state index contributed by atoms with van der Waals surface area (Å²) in [5.74, 6) is -0.0788. The summed E-state index contributed by atoms with van der Waals surface area (Å²) in [6, 6.07) is 1.86. The van der Waals surface area contributed by atoms with Gasteiger partial charge in [-0.3, -0.25) is 4.79 Å². The number of primary sulfonamides is 1. The lowest BCUT2D eigenvalue weighted by Crippen LogP contribution is -2.39. The van der Waals surface area contributed by atoms with E-state index in [1.807, 2.05) is 11.8 Å². The molecule has 20 heavy (non-hydrogen) atoms. The molecule has 2 N–H and O–H groups in total. The molecule has 0 aromatic carbocycles. The van der Waals surface area contributed by atoms with Gasteiger partial charge in [-0.25, -0.2) is 13.6 Å². The number of amides is 1. The van der Waals surface area contributed by atoms with E-state index in [0.29, 0.717) is 9.75 Å². The quantitative estimate of drug-likeness (QED) is 0.927. The Labute approximate surface area is 123 Å². The van der Waals surface area contributed by atoms with Crippen LogP contribution in [0.3, 0.4) is 0 Å². The minimum atomic E-state index is -3.76. The lowest BCUT2D eigenvalue weighted by Gasteiger charge is -2.27. The van der Waals surface area contributed by atoms with Crippen molar-refractivity contribution in [1.82, 2.24) is 4.90 Å². The topological polar surface area (TPSA) is 80.5 Å². The smallest absolute Gasteiger partial charge is 0.264 e. The second-order valence-corrected chi connectivity index (χ2v) is 8.06. The number of likely N-dealkylation sites (tertiary alicyclic amines) is 1. The number of aryl methyl sites for hydroxylation is 1. The van der Waals surface area contributed by atoms with Crippen molar-refractivity contribution in [3.05, 3.63) is 15.8 Å². The Morgan fingerprint density at radius 3 is 2.65 bits per heavy atom. The van der Waals surface area contributed by atoms with Gasteiger partial charge in [-0.1, -0.05) is 6.92 Å². The minimum Gasteiger partial charge on any atom is -0.332 e. The van der Waals surface area contributed by atoms with Crippen LogP contribution in [0.5, 0.6) is 0 Å². The molecule has 0 aliphatic carbocycles. The van der Waals surface area contributed by atoms with Crippen LogP contribution in [0.25, 0.3) is 0 Å². The number of nitrogens with two attached hydrogens (primary N) is 1. The normalized spacial score (nSPS) is 23.3. The molecule has 0 spiro atoms. The highest BCUT2D eigenvalue weighted by Crippen LogP contribution is 2.31. The maximum atomic E-state index is 12.6. The van der Waals surface area contributed by atoms with Crippen molar-refractivity contribution in [2.45, 2.75) is 57.0 Å². The van der Waals surface area contributed by atoms with Crippen LogP contribution in [0.2, 0.25) is 0 Å². The van der Waals surface area contributed by atoms with Gasteiger partial charge in [0, 0.05) is 17.0 Å². The Balaban J connectivity index is 2.35. The highest BCUT2D eigenvalue weighted by Gasteiger charge is 2.34. The number of rotatable bonds is 3. The van der Waals surface area contributed by atoms with Crippen molar-refractivity contribution < 1.29 is 13.2 Å². The molecule has 2 unspecified atom stereocenters. The van der Waals surface area contributed by atoms with E-state index in [1.165, 1.54) is 17.4 Å². The van der Waals surface area contributed by atoms with Gasteiger partial charge >= 0.3 is 0 Å². The first-order valence-corrected chi connectivity index (χ1v) is 9.07. The van der Waals surface area contributed by atoms with Gasteiger partial charge in [0.2, 0.25) is 10.0 Å². The molecule has 1 saturated heterocycles. The number of thiophene rings is 1. The highest BCUT2D eigenvalue weighted by atomic mass is 32.2. The predicted octanol–water partition coefficient (Wildman–Crippen LogP) is 2.11. The first-order valence-electron chi connectivity index (χ1n) is 6.71. The Hall–Kier alpha value is -0.920. The number of carbonyl (C=O) groups excluding carboxylic acids is 1. The first kappa shape index (κ1) is 15.5. The van der Waals surface area contributed by atoms with Crippen LogP contribution in [0.15, 0.2) is 11.0 Å². The molecule has 112 valence electrons. The van der Waals surface area contributed by atoms with Crippen LogP contribution in [-0.2, 0) is 10.0 Å². The fraction of sp³-hybridized carbons (Fsp3) is 0.615. The molecule has 7 heteroatoms. The third-order valence-electron chi connectivity index (χ3n) is 3.88. The third kappa shape index (κ3) is 2.75. The van der Waals surface area contributed by atoms with Crippen LogP contribution in [0.1, 0.15) is 47.7 Å². The Morgan fingerprint density at radius 1 is 1.50 bits per heavy atom. The van der Waals surface area contributed by atoms with Crippen molar-refractivity contribution in [2.75, 3.05) is 0 Å². The molecule has 1 aliphatic rings. The van der Waals surface area contributed by atoms with Gasteiger partial charge in [-0.2, -0.15) is 0 Å². The molecule has 0 saturated carbocycles. The van der Waals surface area contributed by atoms with E-state index in [0.717, 1.165) is 19.3 Å².